The summed E-state index contributed by atoms with van der Waals surface area (Å²) in [6.45, 7) is 1.82. The molecule has 0 spiro atoms. The van der Waals surface area contributed by atoms with E-state index < -0.39 is 0 Å². The predicted octanol–water partition coefficient (Wildman–Crippen LogP) is 0.793. The summed E-state index contributed by atoms with van der Waals surface area (Å²) in [7, 11) is 1.55. The van der Waals surface area contributed by atoms with Crippen molar-refractivity contribution in [3.05, 3.63) is 17.8 Å². The second-order valence-electron chi connectivity index (χ2n) is 3.19. The van der Waals surface area contributed by atoms with Crippen molar-refractivity contribution in [3.8, 4) is 17.7 Å². The molecule has 5 heteroatoms. The fourth-order valence-corrected chi connectivity index (χ4v) is 1.28. The van der Waals surface area contributed by atoms with E-state index >= 15 is 0 Å². The first-order chi connectivity index (χ1) is 7.81. The first-order valence-corrected chi connectivity index (χ1v) is 5.05. The highest BCUT2D eigenvalue weighted by molar-refractivity contribution is 5.14. The molecule has 0 radical (unpaired) electrons. The largest absolute Gasteiger partial charge is 0.480 e. The van der Waals surface area contributed by atoms with Gasteiger partial charge < -0.3 is 4.74 Å². The number of aromatic nitrogens is 2. The van der Waals surface area contributed by atoms with Crippen LogP contribution in [0.4, 0.5) is 0 Å². The molecule has 0 aliphatic heterocycles. The molecule has 0 saturated heterocycles. The topological polar surface area (TPSA) is 73.1 Å². The Balaban J connectivity index is 2.65. The molecule has 1 aromatic rings. The molecule has 0 aliphatic rings. The summed E-state index contributed by atoms with van der Waals surface area (Å²) in [5.74, 6) is 11.8. The van der Waals surface area contributed by atoms with Gasteiger partial charge in [0.05, 0.1) is 18.8 Å². The maximum atomic E-state index is 5.46. The van der Waals surface area contributed by atoms with Gasteiger partial charge in [0.25, 0.3) is 0 Å². The van der Waals surface area contributed by atoms with Crippen LogP contribution < -0.4 is 16.0 Å². The van der Waals surface area contributed by atoms with Crippen molar-refractivity contribution in [2.45, 2.75) is 25.8 Å². The molecular formula is C11H16N4O. The Kier molecular flexibility index (Phi) is 5.26. The molecule has 1 heterocycles. The first kappa shape index (κ1) is 12.4. The third-order valence-electron chi connectivity index (χ3n) is 2.16. The summed E-state index contributed by atoms with van der Waals surface area (Å²) >= 11 is 0. The van der Waals surface area contributed by atoms with Gasteiger partial charge in [-0.25, -0.2) is 0 Å². The second-order valence-corrected chi connectivity index (χ2v) is 3.19. The van der Waals surface area contributed by atoms with Crippen LogP contribution in [0.25, 0.3) is 0 Å². The Hall–Kier alpha value is -1.64. The minimum absolute atomic E-state index is 0.0285. The minimum Gasteiger partial charge on any atom is -0.480 e. The first-order valence-electron chi connectivity index (χ1n) is 5.05. The summed E-state index contributed by atoms with van der Waals surface area (Å²) in [4.78, 5) is 0. The summed E-state index contributed by atoms with van der Waals surface area (Å²) in [6, 6.07) is 3.58. The number of hydrogen-bond donors (Lipinski definition) is 2. The Morgan fingerprint density at radius 2 is 2.31 bits per heavy atom. The highest BCUT2D eigenvalue weighted by Crippen LogP contribution is 2.15. The van der Waals surface area contributed by atoms with Gasteiger partial charge in [0, 0.05) is 12.5 Å². The van der Waals surface area contributed by atoms with E-state index in [0.29, 0.717) is 5.88 Å². The van der Waals surface area contributed by atoms with Crippen LogP contribution in [0.1, 0.15) is 31.5 Å². The molecule has 0 aromatic carbocycles. The third kappa shape index (κ3) is 3.50. The van der Waals surface area contributed by atoms with E-state index in [2.05, 4.69) is 27.5 Å². The summed E-state index contributed by atoms with van der Waals surface area (Å²) in [5, 5.41) is 7.92. The van der Waals surface area contributed by atoms with Crippen LogP contribution in [0.3, 0.4) is 0 Å². The summed E-state index contributed by atoms with van der Waals surface area (Å²) in [5.41, 5.74) is 3.50. The summed E-state index contributed by atoms with van der Waals surface area (Å²) in [6.07, 6.45) is 1.58. The molecule has 1 atom stereocenters. The molecule has 3 N–H and O–H groups in total. The lowest BCUT2D eigenvalue weighted by Gasteiger charge is -2.13. The van der Waals surface area contributed by atoms with Crippen LogP contribution in [0.15, 0.2) is 12.1 Å². The number of nitrogens with one attached hydrogen (secondary N) is 1. The number of nitrogens with two attached hydrogens (primary N) is 1. The minimum atomic E-state index is -0.0285. The molecular weight excluding hydrogens is 204 g/mol. The normalized spacial score (nSPS) is 11.4. The Morgan fingerprint density at radius 3 is 2.81 bits per heavy atom. The van der Waals surface area contributed by atoms with Crippen molar-refractivity contribution in [3.63, 3.8) is 0 Å². The van der Waals surface area contributed by atoms with Crippen LogP contribution in [-0.4, -0.2) is 17.3 Å². The molecule has 1 rings (SSSR count). The maximum absolute atomic E-state index is 5.46. The molecule has 1 aromatic heterocycles. The van der Waals surface area contributed by atoms with Gasteiger partial charge in [0.1, 0.15) is 0 Å². The zero-order chi connectivity index (χ0) is 11.8. The average molecular weight is 220 g/mol. The lowest BCUT2D eigenvalue weighted by atomic mass is 10.1. The highest BCUT2D eigenvalue weighted by Gasteiger charge is 2.10. The van der Waals surface area contributed by atoms with Crippen LogP contribution in [0, 0.1) is 11.8 Å². The van der Waals surface area contributed by atoms with Crippen molar-refractivity contribution in [2.24, 2.45) is 5.84 Å². The van der Waals surface area contributed by atoms with Gasteiger partial charge in [0.15, 0.2) is 0 Å². The molecule has 0 amide bonds. The van der Waals surface area contributed by atoms with Crippen molar-refractivity contribution >= 4 is 0 Å². The van der Waals surface area contributed by atoms with Crippen molar-refractivity contribution in [1.82, 2.24) is 15.6 Å². The molecule has 5 nitrogen and oxygen atoms in total. The lowest BCUT2D eigenvalue weighted by molar-refractivity contribution is 0.388. The van der Waals surface area contributed by atoms with E-state index in [0.717, 1.165) is 18.5 Å². The van der Waals surface area contributed by atoms with Crippen molar-refractivity contribution < 1.29 is 4.74 Å². The SMILES string of the molecule is CC#CCCC(NN)c1ccc(OC)nn1. The Morgan fingerprint density at radius 1 is 1.50 bits per heavy atom. The van der Waals surface area contributed by atoms with Gasteiger partial charge in [0.2, 0.25) is 5.88 Å². The molecule has 0 saturated carbocycles. The van der Waals surface area contributed by atoms with Gasteiger partial charge in [-0.15, -0.1) is 16.9 Å². The number of methoxy groups -OCH3 is 1. The fourth-order valence-electron chi connectivity index (χ4n) is 1.28. The molecule has 1 unspecified atom stereocenters. The van der Waals surface area contributed by atoms with Gasteiger partial charge in [-0.2, -0.15) is 5.10 Å². The molecule has 0 fully saturated rings. The predicted molar refractivity (Wildman–Crippen MR) is 61.3 cm³/mol. The number of rotatable bonds is 5. The van der Waals surface area contributed by atoms with E-state index in [9.17, 15) is 0 Å². The third-order valence-corrected chi connectivity index (χ3v) is 2.16. The fraction of sp³-hybridized carbons (Fsp3) is 0.455. The number of hydrogen-bond acceptors (Lipinski definition) is 5. The molecule has 86 valence electrons. The Bertz CT molecular complexity index is 366. The van der Waals surface area contributed by atoms with E-state index in [4.69, 9.17) is 10.6 Å². The van der Waals surface area contributed by atoms with Crippen molar-refractivity contribution in [2.75, 3.05) is 7.11 Å². The monoisotopic (exact) mass is 220 g/mol. The Labute approximate surface area is 95.4 Å². The average Bonchev–Trinajstić information content (AvgIpc) is 2.35. The second kappa shape index (κ2) is 6.77. The number of hydrazine groups is 1. The van der Waals surface area contributed by atoms with Crippen LogP contribution >= 0.6 is 0 Å². The zero-order valence-corrected chi connectivity index (χ0v) is 9.53. The smallest absolute Gasteiger partial charge is 0.233 e. The van der Waals surface area contributed by atoms with E-state index in [1.165, 1.54) is 0 Å². The van der Waals surface area contributed by atoms with E-state index in [1.54, 1.807) is 13.2 Å². The van der Waals surface area contributed by atoms with Crippen LogP contribution in [-0.2, 0) is 0 Å². The molecule has 0 bridgehead atoms. The van der Waals surface area contributed by atoms with Gasteiger partial charge >= 0.3 is 0 Å². The molecule has 16 heavy (non-hydrogen) atoms. The van der Waals surface area contributed by atoms with E-state index in [-0.39, 0.29) is 6.04 Å². The standard InChI is InChI=1S/C11H16N4O/c1-3-4-5-6-9(13-12)10-7-8-11(16-2)15-14-10/h7-9,13H,5-6,12H2,1-2H3. The highest BCUT2D eigenvalue weighted by atomic mass is 16.5. The van der Waals surface area contributed by atoms with Gasteiger partial charge in [-0.1, -0.05) is 0 Å². The zero-order valence-electron chi connectivity index (χ0n) is 9.53. The van der Waals surface area contributed by atoms with Gasteiger partial charge in [-0.05, 0) is 19.4 Å². The van der Waals surface area contributed by atoms with E-state index in [1.807, 2.05) is 13.0 Å². The van der Waals surface area contributed by atoms with Crippen LogP contribution in [0.5, 0.6) is 5.88 Å². The number of ether oxygens (including phenoxy) is 1. The van der Waals surface area contributed by atoms with Gasteiger partial charge in [-0.3, -0.25) is 11.3 Å². The molecule has 0 aliphatic carbocycles. The lowest BCUT2D eigenvalue weighted by Crippen LogP contribution is -2.28. The maximum Gasteiger partial charge on any atom is 0.233 e. The summed E-state index contributed by atoms with van der Waals surface area (Å²) < 4.78 is 4.93. The van der Waals surface area contributed by atoms with Crippen LogP contribution in [0.2, 0.25) is 0 Å². The van der Waals surface area contributed by atoms with Crippen molar-refractivity contribution in [1.29, 1.82) is 0 Å². The quantitative estimate of drug-likeness (QED) is 0.436. The number of nitrogens with zero attached hydrogens (tertiary/aromatic N) is 2.